The third-order valence-electron chi connectivity index (χ3n) is 6.01. The van der Waals surface area contributed by atoms with E-state index in [0.717, 1.165) is 52.9 Å². The van der Waals surface area contributed by atoms with Gasteiger partial charge in [-0.25, -0.2) is 4.68 Å². The van der Waals surface area contributed by atoms with E-state index in [0.29, 0.717) is 17.4 Å². The van der Waals surface area contributed by atoms with E-state index in [1.54, 1.807) is 0 Å². The fraction of sp³-hybridized carbons (Fsp3) is 0.296. The van der Waals surface area contributed by atoms with Crippen molar-refractivity contribution in [3.8, 4) is 22.7 Å². The zero-order chi connectivity index (χ0) is 23.5. The van der Waals surface area contributed by atoms with Crippen LogP contribution in [0.15, 0.2) is 70.7 Å². The van der Waals surface area contributed by atoms with Crippen molar-refractivity contribution in [1.29, 1.82) is 0 Å². The Bertz CT molecular complexity index is 1250. The number of likely N-dealkylation sites (tertiary alicyclic amines) is 1. The Morgan fingerprint density at radius 3 is 2.82 bits per heavy atom. The van der Waals surface area contributed by atoms with Gasteiger partial charge in [-0.2, -0.15) is 10.1 Å². The largest absolute Gasteiger partial charge is 0.494 e. The molecular formula is C27H28N4O2S. The molecule has 2 aliphatic rings. The van der Waals surface area contributed by atoms with Crippen LogP contribution in [0.3, 0.4) is 0 Å². The highest BCUT2D eigenvalue weighted by molar-refractivity contribution is 8.18. The Morgan fingerprint density at radius 1 is 1.18 bits per heavy atom. The first-order valence-corrected chi connectivity index (χ1v) is 12.6. The number of hydrogen-bond donors (Lipinski definition) is 0. The molecule has 0 bridgehead atoms. The highest BCUT2D eigenvalue weighted by Crippen LogP contribution is 2.35. The summed E-state index contributed by atoms with van der Waals surface area (Å²) in [5, 5.41) is 5.70. The summed E-state index contributed by atoms with van der Waals surface area (Å²) in [5.74, 6) is 1.23. The van der Waals surface area contributed by atoms with Gasteiger partial charge < -0.3 is 9.64 Å². The summed E-state index contributed by atoms with van der Waals surface area (Å²) in [6.45, 7) is 6.73. The van der Waals surface area contributed by atoms with Crippen LogP contribution >= 0.6 is 11.8 Å². The van der Waals surface area contributed by atoms with E-state index in [1.165, 1.54) is 18.2 Å². The summed E-state index contributed by atoms with van der Waals surface area (Å²) >= 11 is 1.47. The fourth-order valence-electron chi connectivity index (χ4n) is 4.37. The van der Waals surface area contributed by atoms with E-state index in [1.807, 2.05) is 78.5 Å². The molecule has 34 heavy (non-hydrogen) atoms. The van der Waals surface area contributed by atoms with Gasteiger partial charge in [0.05, 0.1) is 17.2 Å². The molecule has 2 aliphatic heterocycles. The van der Waals surface area contributed by atoms with Gasteiger partial charge in [0.25, 0.3) is 5.91 Å². The summed E-state index contributed by atoms with van der Waals surface area (Å²) in [6.07, 6.45) is 6.26. The molecule has 0 N–H and O–H groups in total. The van der Waals surface area contributed by atoms with Gasteiger partial charge in [-0.15, -0.1) is 0 Å². The second-order valence-corrected chi connectivity index (χ2v) is 9.69. The molecule has 0 aliphatic carbocycles. The molecule has 1 saturated heterocycles. The summed E-state index contributed by atoms with van der Waals surface area (Å²) < 4.78 is 7.56. The number of piperidine rings is 1. The minimum Gasteiger partial charge on any atom is -0.494 e. The molecule has 1 amide bonds. The lowest BCUT2D eigenvalue weighted by molar-refractivity contribution is -0.113. The fourth-order valence-corrected chi connectivity index (χ4v) is 5.31. The predicted octanol–water partition coefficient (Wildman–Crippen LogP) is 5.64. The molecule has 0 unspecified atom stereocenters. The van der Waals surface area contributed by atoms with Crippen LogP contribution < -0.4 is 4.74 Å². The average molecular weight is 473 g/mol. The number of nitrogens with zero attached hydrogens (tertiary/aromatic N) is 4. The van der Waals surface area contributed by atoms with Crippen molar-refractivity contribution in [2.75, 3.05) is 19.7 Å². The maximum absolute atomic E-state index is 12.8. The highest BCUT2D eigenvalue weighted by atomic mass is 32.2. The summed E-state index contributed by atoms with van der Waals surface area (Å²) in [4.78, 5) is 20.1. The van der Waals surface area contributed by atoms with Gasteiger partial charge in [-0.05, 0) is 67.8 Å². The number of benzene rings is 2. The van der Waals surface area contributed by atoms with Crippen molar-refractivity contribution in [2.24, 2.45) is 10.9 Å². The summed E-state index contributed by atoms with van der Waals surface area (Å²) in [5.41, 5.74) is 3.57. The van der Waals surface area contributed by atoms with Crippen LogP contribution in [0.4, 0.5) is 0 Å². The van der Waals surface area contributed by atoms with Crippen molar-refractivity contribution in [2.45, 2.75) is 26.7 Å². The molecule has 174 valence electrons. The van der Waals surface area contributed by atoms with Crippen molar-refractivity contribution in [3.05, 3.63) is 71.3 Å². The normalized spacial score (nSPS) is 19.5. The number of aromatic nitrogens is 2. The number of carbonyl (C=O) groups is 1. The number of aliphatic imine (C=N–C) groups is 1. The molecule has 0 spiro atoms. The van der Waals surface area contributed by atoms with Gasteiger partial charge >= 0.3 is 0 Å². The smallest absolute Gasteiger partial charge is 0.286 e. The van der Waals surface area contributed by atoms with Gasteiger partial charge in [0.2, 0.25) is 0 Å². The van der Waals surface area contributed by atoms with Crippen LogP contribution in [-0.2, 0) is 4.79 Å². The first-order chi connectivity index (χ1) is 16.6. The van der Waals surface area contributed by atoms with E-state index in [4.69, 9.17) is 9.84 Å². The Labute approximate surface area is 204 Å². The summed E-state index contributed by atoms with van der Waals surface area (Å²) in [7, 11) is 0. The van der Waals surface area contributed by atoms with Gasteiger partial charge in [0.1, 0.15) is 11.4 Å². The maximum atomic E-state index is 12.8. The molecule has 3 aromatic rings. The number of hydrogen-bond acceptors (Lipinski definition) is 5. The molecule has 7 heteroatoms. The van der Waals surface area contributed by atoms with Crippen LogP contribution in [0, 0.1) is 5.92 Å². The second-order valence-electron chi connectivity index (χ2n) is 8.68. The van der Waals surface area contributed by atoms with Crippen LogP contribution in [0.5, 0.6) is 5.75 Å². The molecule has 6 nitrogen and oxygen atoms in total. The zero-order valence-electron chi connectivity index (χ0n) is 19.5. The molecule has 1 aromatic heterocycles. The number of amides is 1. The third-order valence-corrected chi connectivity index (χ3v) is 7.05. The van der Waals surface area contributed by atoms with E-state index in [9.17, 15) is 4.79 Å². The monoisotopic (exact) mass is 472 g/mol. The number of amidine groups is 1. The van der Waals surface area contributed by atoms with Crippen molar-refractivity contribution in [3.63, 3.8) is 0 Å². The first kappa shape index (κ1) is 22.5. The SMILES string of the molecule is CCOc1cccc(-c2nn(-c3ccccc3)cc2/C=C2\SC(N3CCC[C@@H](C)C3)=NC2=O)c1. The van der Waals surface area contributed by atoms with Crippen LogP contribution in [-0.4, -0.2) is 45.5 Å². The quantitative estimate of drug-likeness (QED) is 0.450. The van der Waals surface area contributed by atoms with Crippen LogP contribution in [0.2, 0.25) is 0 Å². The third kappa shape index (κ3) is 4.80. The molecule has 0 saturated carbocycles. The topological polar surface area (TPSA) is 59.7 Å². The number of para-hydroxylation sites is 1. The molecule has 1 fully saturated rings. The lowest BCUT2D eigenvalue weighted by Crippen LogP contribution is -2.37. The van der Waals surface area contributed by atoms with Gasteiger partial charge in [-0.1, -0.05) is 37.3 Å². The molecule has 2 aromatic carbocycles. The van der Waals surface area contributed by atoms with E-state index >= 15 is 0 Å². The number of rotatable bonds is 5. The lowest BCUT2D eigenvalue weighted by atomic mass is 10.0. The Kier molecular flexibility index (Phi) is 6.54. The van der Waals surface area contributed by atoms with Crippen molar-refractivity contribution < 1.29 is 9.53 Å². The predicted molar refractivity (Wildman–Crippen MR) is 138 cm³/mol. The second kappa shape index (κ2) is 9.89. The minimum atomic E-state index is -0.181. The minimum absolute atomic E-state index is 0.181. The van der Waals surface area contributed by atoms with Crippen molar-refractivity contribution in [1.82, 2.24) is 14.7 Å². The molecular weight excluding hydrogens is 444 g/mol. The maximum Gasteiger partial charge on any atom is 0.286 e. The Morgan fingerprint density at radius 2 is 2.03 bits per heavy atom. The standard InChI is InChI=1S/C27H28N4O2S/c1-3-33-23-13-7-10-20(15-23)25-21(18-31(29-25)22-11-5-4-6-12-22)16-24-26(32)28-27(34-24)30-14-8-9-19(2)17-30/h4-7,10-13,15-16,18-19H,3,8-9,14,17H2,1-2H3/b24-16-/t19-/m1/s1. The Hall–Kier alpha value is -3.32. The number of carbonyl (C=O) groups excluding carboxylic acids is 1. The average Bonchev–Trinajstić information content (AvgIpc) is 3.44. The van der Waals surface area contributed by atoms with E-state index in [2.05, 4.69) is 16.8 Å². The van der Waals surface area contributed by atoms with Gasteiger partial charge in [0.15, 0.2) is 5.17 Å². The van der Waals surface area contributed by atoms with Gasteiger partial charge in [0, 0.05) is 30.4 Å². The van der Waals surface area contributed by atoms with E-state index in [-0.39, 0.29) is 5.91 Å². The lowest BCUT2D eigenvalue weighted by Gasteiger charge is -2.31. The highest BCUT2D eigenvalue weighted by Gasteiger charge is 2.29. The molecule has 5 rings (SSSR count). The molecule has 1 atom stereocenters. The first-order valence-electron chi connectivity index (χ1n) is 11.8. The van der Waals surface area contributed by atoms with E-state index < -0.39 is 0 Å². The van der Waals surface area contributed by atoms with Crippen molar-refractivity contribution >= 4 is 28.9 Å². The molecule has 3 heterocycles. The summed E-state index contributed by atoms with van der Waals surface area (Å²) in [6, 6.07) is 17.9. The zero-order valence-corrected chi connectivity index (χ0v) is 20.3. The Balaban J connectivity index is 1.50. The molecule has 0 radical (unpaired) electrons. The number of ether oxygens (including phenoxy) is 1. The van der Waals surface area contributed by atoms with Crippen LogP contribution in [0.1, 0.15) is 32.3 Å². The van der Waals surface area contributed by atoms with Crippen LogP contribution in [0.25, 0.3) is 23.0 Å². The number of thioether (sulfide) groups is 1. The van der Waals surface area contributed by atoms with Gasteiger partial charge in [-0.3, -0.25) is 4.79 Å².